The average Bonchev–Trinajstić information content (AvgIpc) is 2.76. The quantitative estimate of drug-likeness (QED) is 0.890. The number of hydrogen-bond acceptors (Lipinski definition) is 5. The molecule has 0 spiro atoms. The third-order valence-electron chi connectivity index (χ3n) is 3.09. The lowest BCUT2D eigenvalue weighted by Crippen LogP contribution is -2.61. The first-order valence-electron chi connectivity index (χ1n) is 6.75. The molecule has 116 valence electrons. The summed E-state index contributed by atoms with van der Waals surface area (Å²) >= 11 is 1.48. The molecule has 1 atom stereocenters. The second kappa shape index (κ2) is 6.03. The predicted octanol–water partition coefficient (Wildman–Crippen LogP) is 2.08. The molecular weight excluding hydrogens is 292 g/mol. The molecular formula is C14H20N2O4S. The first kappa shape index (κ1) is 15.8. The summed E-state index contributed by atoms with van der Waals surface area (Å²) < 4.78 is 5.18. The molecule has 7 heteroatoms. The molecule has 0 unspecified atom stereocenters. The molecule has 1 amide bonds. The Morgan fingerprint density at radius 3 is 2.62 bits per heavy atom. The number of likely N-dealkylation sites (tertiary alicyclic amines) is 1. The van der Waals surface area contributed by atoms with Crippen LogP contribution in [0.25, 0.3) is 0 Å². The van der Waals surface area contributed by atoms with Gasteiger partial charge in [0.15, 0.2) is 0 Å². The van der Waals surface area contributed by atoms with Gasteiger partial charge in [-0.2, -0.15) is 11.3 Å². The van der Waals surface area contributed by atoms with Gasteiger partial charge in [-0.05, 0) is 43.2 Å². The molecule has 0 bridgehead atoms. The summed E-state index contributed by atoms with van der Waals surface area (Å²) in [6.45, 7) is 6.42. The molecule has 0 saturated carbocycles. The minimum absolute atomic E-state index is 0.0691. The van der Waals surface area contributed by atoms with E-state index >= 15 is 0 Å². The molecule has 0 aliphatic carbocycles. The number of hydrogen-bond donors (Lipinski definition) is 2. The van der Waals surface area contributed by atoms with Crippen molar-refractivity contribution in [2.75, 3.05) is 13.1 Å². The third kappa shape index (κ3) is 4.18. The number of alkyl carbamates (subject to hydrolysis) is 1. The van der Waals surface area contributed by atoms with E-state index in [2.05, 4.69) is 5.32 Å². The van der Waals surface area contributed by atoms with E-state index in [4.69, 9.17) is 4.74 Å². The molecule has 1 aliphatic rings. The van der Waals surface area contributed by atoms with Gasteiger partial charge in [-0.1, -0.05) is 0 Å². The van der Waals surface area contributed by atoms with Crippen LogP contribution in [0.3, 0.4) is 0 Å². The van der Waals surface area contributed by atoms with Crippen LogP contribution in [-0.2, 0) is 9.53 Å². The fourth-order valence-corrected chi connectivity index (χ4v) is 2.91. The first-order valence-corrected chi connectivity index (χ1v) is 7.69. The zero-order valence-electron chi connectivity index (χ0n) is 12.3. The number of rotatable bonds is 4. The zero-order valence-corrected chi connectivity index (χ0v) is 13.1. The highest BCUT2D eigenvalue weighted by molar-refractivity contribution is 7.08. The van der Waals surface area contributed by atoms with E-state index in [1.165, 1.54) is 11.3 Å². The van der Waals surface area contributed by atoms with Crippen molar-refractivity contribution in [3.05, 3.63) is 22.4 Å². The maximum absolute atomic E-state index is 11.6. The second-order valence-electron chi connectivity index (χ2n) is 6.09. The Bertz CT molecular complexity index is 504. The molecule has 2 heterocycles. The molecule has 6 nitrogen and oxygen atoms in total. The van der Waals surface area contributed by atoms with Crippen molar-refractivity contribution < 1.29 is 19.4 Å². The molecule has 0 radical (unpaired) electrons. The maximum Gasteiger partial charge on any atom is 0.407 e. The topological polar surface area (TPSA) is 78.9 Å². The molecule has 0 aromatic carbocycles. The number of thiophene rings is 1. The normalized spacial score (nSPS) is 17.9. The van der Waals surface area contributed by atoms with E-state index in [0.717, 1.165) is 5.56 Å². The van der Waals surface area contributed by atoms with E-state index in [1.54, 1.807) is 20.8 Å². The number of nitrogens with zero attached hydrogens (tertiary/aromatic N) is 1. The Hall–Kier alpha value is -1.60. The highest BCUT2D eigenvalue weighted by Gasteiger charge is 2.38. The number of carboxylic acid groups (broad SMARTS) is 1. The van der Waals surface area contributed by atoms with Gasteiger partial charge >= 0.3 is 12.1 Å². The molecule has 1 saturated heterocycles. The van der Waals surface area contributed by atoms with Crippen molar-refractivity contribution >= 4 is 23.4 Å². The summed E-state index contributed by atoms with van der Waals surface area (Å²) in [5.74, 6) is -0.871. The van der Waals surface area contributed by atoms with Gasteiger partial charge in [0, 0.05) is 13.1 Å². The van der Waals surface area contributed by atoms with Crippen molar-refractivity contribution in [1.82, 2.24) is 10.2 Å². The zero-order chi connectivity index (χ0) is 15.6. The van der Waals surface area contributed by atoms with Gasteiger partial charge in [0.2, 0.25) is 0 Å². The third-order valence-corrected chi connectivity index (χ3v) is 3.79. The monoisotopic (exact) mass is 312 g/mol. The first-order chi connectivity index (χ1) is 9.76. The van der Waals surface area contributed by atoms with Gasteiger partial charge in [0.25, 0.3) is 0 Å². The molecule has 2 rings (SSSR count). The van der Waals surface area contributed by atoms with Crippen LogP contribution < -0.4 is 5.32 Å². The minimum atomic E-state index is -0.871. The van der Waals surface area contributed by atoms with Crippen LogP contribution in [0.5, 0.6) is 0 Å². The number of nitrogens with one attached hydrogen (secondary N) is 1. The van der Waals surface area contributed by atoms with Crippen molar-refractivity contribution in [1.29, 1.82) is 0 Å². The highest BCUT2D eigenvalue weighted by atomic mass is 32.1. The lowest BCUT2D eigenvalue weighted by Gasteiger charge is -2.42. The molecule has 1 aliphatic heterocycles. The van der Waals surface area contributed by atoms with Gasteiger partial charge in [-0.25, -0.2) is 4.79 Å². The number of amides is 1. The summed E-state index contributed by atoms with van der Waals surface area (Å²) in [7, 11) is 0. The molecule has 1 fully saturated rings. The molecule has 1 aromatic heterocycles. The Morgan fingerprint density at radius 2 is 2.14 bits per heavy atom. The van der Waals surface area contributed by atoms with Gasteiger partial charge in [-0.15, -0.1) is 0 Å². The molecule has 2 N–H and O–H groups in total. The van der Waals surface area contributed by atoms with Gasteiger partial charge in [0.05, 0.1) is 6.04 Å². The standard InChI is InChI=1S/C14H20N2O4S/c1-14(2,3)20-13(19)15-10-6-16(7-10)11(12(17)18)9-4-5-21-8-9/h4-5,8,10-11H,6-7H2,1-3H3,(H,15,19)(H,17,18)/t11-/m1/s1. The summed E-state index contributed by atoms with van der Waals surface area (Å²) in [6, 6.07) is 1.10. The van der Waals surface area contributed by atoms with Crippen LogP contribution in [0.1, 0.15) is 32.4 Å². The number of carbonyl (C=O) groups excluding carboxylic acids is 1. The summed E-state index contributed by atoms with van der Waals surface area (Å²) in [6.07, 6.45) is -0.463. The fourth-order valence-electron chi connectivity index (χ4n) is 2.23. The minimum Gasteiger partial charge on any atom is -0.480 e. The summed E-state index contributed by atoms with van der Waals surface area (Å²) in [4.78, 5) is 24.9. The van der Waals surface area contributed by atoms with E-state index < -0.39 is 23.7 Å². The van der Waals surface area contributed by atoms with Crippen molar-refractivity contribution in [2.24, 2.45) is 0 Å². The van der Waals surface area contributed by atoms with Crippen molar-refractivity contribution in [3.63, 3.8) is 0 Å². The Balaban J connectivity index is 1.85. The Morgan fingerprint density at radius 1 is 1.48 bits per heavy atom. The number of carboxylic acids is 1. The van der Waals surface area contributed by atoms with Gasteiger partial charge in [0.1, 0.15) is 11.6 Å². The van der Waals surface area contributed by atoms with Crippen molar-refractivity contribution in [2.45, 2.75) is 38.5 Å². The van der Waals surface area contributed by atoms with E-state index in [1.807, 2.05) is 21.7 Å². The van der Waals surface area contributed by atoms with Crippen LogP contribution in [0.15, 0.2) is 16.8 Å². The van der Waals surface area contributed by atoms with Gasteiger partial charge in [-0.3, -0.25) is 9.69 Å². The lowest BCUT2D eigenvalue weighted by atomic mass is 10.0. The smallest absolute Gasteiger partial charge is 0.407 e. The van der Waals surface area contributed by atoms with Crippen LogP contribution in [0, 0.1) is 0 Å². The number of ether oxygens (including phenoxy) is 1. The highest BCUT2D eigenvalue weighted by Crippen LogP contribution is 2.27. The maximum atomic E-state index is 11.6. The molecule has 21 heavy (non-hydrogen) atoms. The van der Waals surface area contributed by atoms with E-state index in [9.17, 15) is 14.7 Å². The van der Waals surface area contributed by atoms with Crippen LogP contribution in [0.4, 0.5) is 4.79 Å². The van der Waals surface area contributed by atoms with Crippen LogP contribution in [-0.4, -0.2) is 46.8 Å². The van der Waals surface area contributed by atoms with E-state index in [0.29, 0.717) is 13.1 Å². The number of carbonyl (C=O) groups is 2. The Kier molecular flexibility index (Phi) is 4.53. The van der Waals surface area contributed by atoms with Crippen LogP contribution in [0.2, 0.25) is 0 Å². The Labute approximate surface area is 127 Å². The SMILES string of the molecule is CC(C)(C)OC(=O)NC1CN([C@@H](C(=O)O)c2ccsc2)C1. The lowest BCUT2D eigenvalue weighted by molar-refractivity contribution is -0.145. The second-order valence-corrected chi connectivity index (χ2v) is 6.87. The largest absolute Gasteiger partial charge is 0.480 e. The van der Waals surface area contributed by atoms with E-state index in [-0.39, 0.29) is 6.04 Å². The number of aliphatic carboxylic acids is 1. The van der Waals surface area contributed by atoms with Crippen LogP contribution >= 0.6 is 11.3 Å². The fraction of sp³-hybridized carbons (Fsp3) is 0.571. The molecule has 1 aromatic rings. The summed E-state index contributed by atoms with van der Waals surface area (Å²) in [5.41, 5.74) is 0.247. The van der Waals surface area contributed by atoms with Crippen molar-refractivity contribution in [3.8, 4) is 0 Å². The summed E-state index contributed by atoms with van der Waals surface area (Å²) in [5, 5.41) is 15.8. The average molecular weight is 312 g/mol. The van der Waals surface area contributed by atoms with Gasteiger partial charge < -0.3 is 15.2 Å². The predicted molar refractivity (Wildman–Crippen MR) is 79.4 cm³/mol.